The lowest BCUT2D eigenvalue weighted by Gasteiger charge is -2.53. The lowest BCUT2D eigenvalue weighted by Crippen LogP contribution is -2.44. The molecule has 0 saturated heterocycles. The number of fused-ring (bicyclic) bond motifs is 1. The summed E-state index contributed by atoms with van der Waals surface area (Å²) in [5, 5.41) is 3.38. The molecule has 3 fully saturated rings. The van der Waals surface area contributed by atoms with Gasteiger partial charge in [-0.1, -0.05) is 0 Å². The molecule has 0 aromatic carbocycles. The highest BCUT2D eigenvalue weighted by Gasteiger charge is 2.47. The van der Waals surface area contributed by atoms with E-state index in [1.165, 1.54) is 25.7 Å². The molecule has 60 valence electrons. The fourth-order valence-corrected chi connectivity index (χ4v) is 3.43. The zero-order valence-corrected chi connectivity index (χ0v) is 7.06. The molecule has 2 atom stereocenters. The minimum absolute atomic E-state index is 1.01. The summed E-state index contributed by atoms with van der Waals surface area (Å²) in [7, 11) is 2.09. The maximum absolute atomic E-state index is 3.38. The SMILES string of the molecule is CNC1=C2C3CC(C1)CC2C3. The van der Waals surface area contributed by atoms with E-state index in [2.05, 4.69) is 12.4 Å². The van der Waals surface area contributed by atoms with E-state index in [1.807, 2.05) is 5.57 Å². The number of hydrogen-bond acceptors (Lipinski definition) is 1. The van der Waals surface area contributed by atoms with E-state index in [0.717, 1.165) is 17.8 Å². The van der Waals surface area contributed by atoms with Gasteiger partial charge in [-0.15, -0.1) is 0 Å². The first-order valence-corrected chi connectivity index (χ1v) is 4.79. The normalized spacial score (nSPS) is 45.7. The molecule has 0 aliphatic heterocycles. The van der Waals surface area contributed by atoms with Crippen LogP contribution < -0.4 is 5.32 Å². The first-order chi connectivity index (χ1) is 5.38. The second-order valence-corrected chi connectivity index (χ2v) is 4.35. The standard InChI is InChI=1S/C10H15N/c1-11-9-4-6-2-7-5-8(3-6)10(7)9/h6-8,11H,2-5H2,1H3. The molecule has 0 spiro atoms. The van der Waals surface area contributed by atoms with Gasteiger partial charge >= 0.3 is 0 Å². The largest absolute Gasteiger partial charge is 0.391 e. The van der Waals surface area contributed by atoms with Gasteiger partial charge in [-0.25, -0.2) is 0 Å². The van der Waals surface area contributed by atoms with Crippen LogP contribution in [0.1, 0.15) is 25.7 Å². The van der Waals surface area contributed by atoms with Crippen LogP contribution in [0.3, 0.4) is 0 Å². The predicted octanol–water partition coefficient (Wildman–Crippen LogP) is 1.91. The Balaban J connectivity index is 2.03. The molecule has 4 bridgehead atoms. The zero-order valence-electron chi connectivity index (χ0n) is 7.06. The molecule has 0 amide bonds. The van der Waals surface area contributed by atoms with Crippen molar-refractivity contribution in [1.82, 2.24) is 5.32 Å². The molecule has 5 aliphatic carbocycles. The third kappa shape index (κ3) is 0.622. The van der Waals surface area contributed by atoms with Gasteiger partial charge in [0.15, 0.2) is 0 Å². The van der Waals surface area contributed by atoms with Crippen molar-refractivity contribution >= 4 is 0 Å². The first kappa shape index (κ1) is 6.10. The van der Waals surface area contributed by atoms with Gasteiger partial charge in [0.05, 0.1) is 0 Å². The quantitative estimate of drug-likeness (QED) is 0.600. The van der Waals surface area contributed by atoms with Crippen LogP contribution in [-0.4, -0.2) is 7.05 Å². The summed E-state index contributed by atoms with van der Waals surface area (Å²) in [5.74, 6) is 3.06. The van der Waals surface area contributed by atoms with Gasteiger partial charge in [-0.3, -0.25) is 0 Å². The Kier molecular flexibility index (Phi) is 1.01. The Bertz CT molecular complexity index is 215. The van der Waals surface area contributed by atoms with Crippen molar-refractivity contribution in [2.45, 2.75) is 25.7 Å². The highest BCUT2D eigenvalue weighted by Crippen LogP contribution is 2.58. The van der Waals surface area contributed by atoms with Crippen LogP contribution in [0.2, 0.25) is 0 Å². The van der Waals surface area contributed by atoms with Crippen molar-refractivity contribution in [3.05, 3.63) is 11.3 Å². The highest BCUT2D eigenvalue weighted by molar-refractivity contribution is 5.32. The highest BCUT2D eigenvalue weighted by atomic mass is 14.9. The van der Waals surface area contributed by atoms with E-state index in [4.69, 9.17) is 0 Å². The van der Waals surface area contributed by atoms with Crippen LogP contribution in [-0.2, 0) is 0 Å². The lowest BCUT2D eigenvalue weighted by atomic mass is 9.53. The smallest absolute Gasteiger partial charge is 0.0104 e. The molecule has 1 N–H and O–H groups in total. The van der Waals surface area contributed by atoms with E-state index in [-0.39, 0.29) is 0 Å². The maximum atomic E-state index is 3.38. The van der Waals surface area contributed by atoms with Crippen molar-refractivity contribution in [2.24, 2.45) is 17.8 Å². The molecule has 3 saturated carbocycles. The molecule has 0 radical (unpaired) electrons. The number of hydrogen-bond donors (Lipinski definition) is 1. The van der Waals surface area contributed by atoms with E-state index in [0.29, 0.717) is 0 Å². The average molecular weight is 149 g/mol. The molecular formula is C10H15N. The number of nitrogens with one attached hydrogen (secondary N) is 1. The van der Waals surface area contributed by atoms with Crippen molar-refractivity contribution in [2.75, 3.05) is 7.05 Å². The molecule has 5 aliphatic rings. The van der Waals surface area contributed by atoms with Crippen molar-refractivity contribution in [3.63, 3.8) is 0 Å². The third-order valence-corrected chi connectivity index (χ3v) is 3.83. The molecule has 0 heterocycles. The van der Waals surface area contributed by atoms with E-state index >= 15 is 0 Å². The fourth-order valence-electron chi connectivity index (χ4n) is 3.43. The lowest BCUT2D eigenvalue weighted by molar-refractivity contribution is 0.119. The summed E-state index contributed by atoms with van der Waals surface area (Å²) in [6.45, 7) is 0. The monoisotopic (exact) mass is 149 g/mol. The van der Waals surface area contributed by atoms with Crippen molar-refractivity contribution in [1.29, 1.82) is 0 Å². The topological polar surface area (TPSA) is 12.0 Å². The minimum Gasteiger partial charge on any atom is -0.391 e. The van der Waals surface area contributed by atoms with Gasteiger partial charge in [-0.2, -0.15) is 0 Å². The Morgan fingerprint density at radius 2 is 1.91 bits per heavy atom. The van der Waals surface area contributed by atoms with Crippen LogP contribution in [0.15, 0.2) is 11.3 Å². The van der Waals surface area contributed by atoms with Crippen molar-refractivity contribution < 1.29 is 0 Å². The Hall–Kier alpha value is -0.460. The van der Waals surface area contributed by atoms with Gasteiger partial charge in [0.25, 0.3) is 0 Å². The average Bonchev–Trinajstić information content (AvgIpc) is 2.03. The van der Waals surface area contributed by atoms with Crippen LogP contribution >= 0.6 is 0 Å². The maximum Gasteiger partial charge on any atom is 0.0104 e. The Morgan fingerprint density at radius 1 is 1.18 bits per heavy atom. The molecule has 2 unspecified atom stereocenters. The van der Waals surface area contributed by atoms with Crippen LogP contribution in [0.4, 0.5) is 0 Å². The van der Waals surface area contributed by atoms with Gasteiger partial charge < -0.3 is 5.32 Å². The number of allylic oxidation sites excluding steroid dienone is 2. The molecular weight excluding hydrogens is 134 g/mol. The van der Waals surface area contributed by atoms with Crippen LogP contribution in [0.25, 0.3) is 0 Å². The summed E-state index contributed by atoms with van der Waals surface area (Å²) < 4.78 is 0. The van der Waals surface area contributed by atoms with Gasteiger partial charge in [0.2, 0.25) is 0 Å². The molecule has 0 aromatic heterocycles. The van der Waals surface area contributed by atoms with Gasteiger partial charge in [0.1, 0.15) is 0 Å². The molecule has 1 nitrogen and oxygen atoms in total. The van der Waals surface area contributed by atoms with Crippen LogP contribution in [0.5, 0.6) is 0 Å². The number of rotatable bonds is 1. The second kappa shape index (κ2) is 1.82. The second-order valence-electron chi connectivity index (χ2n) is 4.35. The van der Waals surface area contributed by atoms with E-state index in [1.54, 1.807) is 5.70 Å². The summed E-state index contributed by atoms with van der Waals surface area (Å²) in [6.07, 6.45) is 5.89. The zero-order chi connectivity index (χ0) is 7.42. The summed E-state index contributed by atoms with van der Waals surface area (Å²) in [4.78, 5) is 0. The Morgan fingerprint density at radius 3 is 2.36 bits per heavy atom. The molecule has 0 aromatic rings. The van der Waals surface area contributed by atoms with Crippen molar-refractivity contribution in [3.8, 4) is 0 Å². The predicted molar refractivity (Wildman–Crippen MR) is 45.0 cm³/mol. The molecule has 5 rings (SSSR count). The summed E-state index contributed by atoms with van der Waals surface area (Å²) in [5.41, 5.74) is 3.42. The van der Waals surface area contributed by atoms with E-state index in [9.17, 15) is 0 Å². The molecule has 11 heavy (non-hydrogen) atoms. The van der Waals surface area contributed by atoms with Gasteiger partial charge in [-0.05, 0) is 49.0 Å². The Labute approximate surface area is 67.9 Å². The summed E-state index contributed by atoms with van der Waals surface area (Å²) >= 11 is 0. The fraction of sp³-hybridized carbons (Fsp3) is 0.800. The van der Waals surface area contributed by atoms with E-state index < -0.39 is 0 Å². The minimum atomic E-state index is 1.01. The summed E-state index contributed by atoms with van der Waals surface area (Å²) in [6, 6.07) is 0. The van der Waals surface area contributed by atoms with Crippen LogP contribution in [0, 0.1) is 17.8 Å². The molecule has 1 heteroatoms. The first-order valence-electron chi connectivity index (χ1n) is 4.79. The van der Waals surface area contributed by atoms with Gasteiger partial charge in [0, 0.05) is 12.7 Å². The third-order valence-electron chi connectivity index (χ3n) is 3.83.